The average molecular weight is 156 g/mol. The molecule has 2 nitrogen and oxygen atoms in total. The van der Waals surface area contributed by atoms with Crippen LogP contribution in [0, 0.1) is 0 Å². The van der Waals surface area contributed by atoms with Gasteiger partial charge in [-0.3, -0.25) is 0 Å². The van der Waals surface area contributed by atoms with E-state index >= 15 is 0 Å². The molecule has 0 saturated heterocycles. The molecule has 11 heavy (non-hydrogen) atoms. The van der Waals surface area contributed by atoms with Gasteiger partial charge in [0.1, 0.15) is 0 Å². The second-order valence-electron chi connectivity index (χ2n) is 3.30. The van der Waals surface area contributed by atoms with Crippen LogP contribution in [0.5, 0.6) is 0 Å². The smallest absolute Gasteiger partial charge is 0.0927 e. The Morgan fingerprint density at radius 3 is 2.27 bits per heavy atom. The van der Waals surface area contributed by atoms with E-state index in [1.54, 1.807) is 26.8 Å². The Morgan fingerprint density at radius 1 is 1.55 bits per heavy atom. The largest absolute Gasteiger partial charge is 0.386 e. The standard InChI is InChI=1S/C9H16O2/c1-7(2)8(10)5-6-9(3,4)11/h5-6,8,10-11H,1H2,2-4H3/b6-5-. The lowest BCUT2D eigenvalue weighted by molar-refractivity contribution is 0.131. The Balaban J connectivity index is 4.04. The molecule has 0 radical (unpaired) electrons. The number of hydrogen-bond donors (Lipinski definition) is 2. The first kappa shape index (κ1) is 10.4. The highest BCUT2D eigenvalue weighted by molar-refractivity contribution is 5.10. The van der Waals surface area contributed by atoms with Crippen LogP contribution in [0.2, 0.25) is 0 Å². The molecule has 0 bridgehead atoms. The van der Waals surface area contributed by atoms with Crippen molar-refractivity contribution in [3.63, 3.8) is 0 Å². The lowest BCUT2D eigenvalue weighted by Crippen LogP contribution is -2.15. The van der Waals surface area contributed by atoms with Crippen LogP contribution in [0.4, 0.5) is 0 Å². The second-order valence-corrected chi connectivity index (χ2v) is 3.30. The van der Waals surface area contributed by atoms with Crippen LogP contribution in [0.15, 0.2) is 24.3 Å². The number of hydrogen-bond acceptors (Lipinski definition) is 2. The van der Waals surface area contributed by atoms with Gasteiger partial charge in [-0.25, -0.2) is 0 Å². The van der Waals surface area contributed by atoms with Gasteiger partial charge in [-0.2, -0.15) is 0 Å². The molecular formula is C9H16O2. The van der Waals surface area contributed by atoms with Crippen LogP contribution in [0.3, 0.4) is 0 Å². The SMILES string of the molecule is C=C(C)C(O)/C=C\C(C)(C)O. The molecule has 0 aliphatic carbocycles. The maximum atomic E-state index is 9.22. The maximum absolute atomic E-state index is 9.22. The molecule has 0 heterocycles. The Morgan fingerprint density at radius 2 is 2.00 bits per heavy atom. The molecule has 0 aromatic rings. The molecule has 0 saturated carbocycles. The summed E-state index contributed by atoms with van der Waals surface area (Å²) in [5.41, 5.74) is -0.193. The van der Waals surface area contributed by atoms with Crippen LogP contribution in [-0.4, -0.2) is 21.9 Å². The van der Waals surface area contributed by atoms with Gasteiger partial charge in [-0.15, -0.1) is 0 Å². The summed E-state index contributed by atoms with van der Waals surface area (Å²) < 4.78 is 0. The number of aliphatic hydroxyl groups is 2. The zero-order valence-electron chi connectivity index (χ0n) is 7.33. The third kappa shape index (κ3) is 5.83. The van der Waals surface area contributed by atoms with Crippen molar-refractivity contribution < 1.29 is 10.2 Å². The summed E-state index contributed by atoms with van der Waals surface area (Å²) in [5.74, 6) is 0. The van der Waals surface area contributed by atoms with Gasteiger partial charge in [-0.05, 0) is 26.3 Å². The van der Waals surface area contributed by atoms with Crippen molar-refractivity contribution in [3.05, 3.63) is 24.3 Å². The third-order valence-corrected chi connectivity index (χ3v) is 1.19. The summed E-state index contributed by atoms with van der Waals surface area (Å²) in [5, 5.41) is 18.4. The zero-order valence-corrected chi connectivity index (χ0v) is 7.33. The minimum atomic E-state index is -0.865. The highest BCUT2D eigenvalue weighted by Gasteiger charge is 2.07. The summed E-state index contributed by atoms with van der Waals surface area (Å²) in [7, 11) is 0. The monoisotopic (exact) mass is 156 g/mol. The van der Waals surface area contributed by atoms with Crippen molar-refractivity contribution in [1.82, 2.24) is 0 Å². The highest BCUT2D eigenvalue weighted by atomic mass is 16.3. The summed E-state index contributed by atoms with van der Waals surface area (Å²) in [6.07, 6.45) is 2.43. The molecule has 0 amide bonds. The molecule has 0 rings (SSSR count). The molecule has 0 aliphatic heterocycles. The molecule has 0 spiro atoms. The van der Waals surface area contributed by atoms with Crippen molar-refractivity contribution >= 4 is 0 Å². The predicted molar refractivity (Wildman–Crippen MR) is 46.3 cm³/mol. The topological polar surface area (TPSA) is 40.5 Å². The minimum Gasteiger partial charge on any atom is -0.386 e. The molecular weight excluding hydrogens is 140 g/mol. The Labute approximate surface area is 67.9 Å². The van der Waals surface area contributed by atoms with Crippen LogP contribution in [0.25, 0.3) is 0 Å². The molecule has 2 heteroatoms. The Bertz CT molecular complexity index is 163. The molecule has 0 fully saturated rings. The van der Waals surface area contributed by atoms with E-state index in [4.69, 9.17) is 0 Å². The lowest BCUT2D eigenvalue weighted by Gasteiger charge is -2.11. The molecule has 2 N–H and O–H groups in total. The van der Waals surface area contributed by atoms with Crippen LogP contribution in [-0.2, 0) is 0 Å². The van der Waals surface area contributed by atoms with E-state index in [1.807, 2.05) is 0 Å². The second kappa shape index (κ2) is 3.69. The van der Waals surface area contributed by atoms with Crippen LogP contribution >= 0.6 is 0 Å². The van der Waals surface area contributed by atoms with Gasteiger partial charge in [-0.1, -0.05) is 18.7 Å². The van der Waals surface area contributed by atoms with E-state index in [2.05, 4.69) is 6.58 Å². The first-order chi connectivity index (χ1) is 4.83. The summed E-state index contributed by atoms with van der Waals surface area (Å²) in [6, 6.07) is 0. The van der Waals surface area contributed by atoms with E-state index in [-0.39, 0.29) is 0 Å². The van der Waals surface area contributed by atoms with E-state index in [9.17, 15) is 10.2 Å². The summed E-state index contributed by atoms with van der Waals surface area (Å²) in [4.78, 5) is 0. The van der Waals surface area contributed by atoms with Crippen molar-refractivity contribution in [3.8, 4) is 0 Å². The van der Waals surface area contributed by atoms with Crippen LogP contribution in [0.1, 0.15) is 20.8 Å². The van der Waals surface area contributed by atoms with E-state index < -0.39 is 11.7 Å². The van der Waals surface area contributed by atoms with Gasteiger partial charge in [0, 0.05) is 0 Å². The average Bonchev–Trinajstić information content (AvgIpc) is 1.80. The van der Waals surface area contributed by atoms with E-state index in [0.717, 1.165) is 0 Å². The molecule has 0 aromatic heterocycles. The Hall–Kier alpha value is -0.600. The van der Waals surface area contributed by atoms with Crippen LogP contribution < -0.4 is 0 Å². The lowest BCUT2D eigenvalue weighted by atomic mass is 10.1. The van der Waals surface area contributed by atoms with Gasteiger partial charge in [0.05, 0.1) is 11.7 Å². The molecule has 1 atom stereocenters. The molecule has 1 unspecified atom stereocenters. The van der Waals surface area contributed by atoms with Gasteiger partial charge in [0.15, 0.2) is 0 Å². The number of aliphatic hydroxyl groups excluding tert-OH is 1. The van der Waals surface area contributed by atoms with Gasteiger partial charge >= 0.3 is 0 Å². The minimum absolute atomic E-state index is 0.651. The van der Waals surface area contributed by atoms with Gasteiger partial charge < -0.3 is 10.2 Å². The molecule has 0 aliphatic rings. The number of rotatable bonds is 3. The maximum Gasteiger partial charge on any atom is 0.0927 e. The fraction of sp³-hybridized carbons (Fsp3) is 0.556. The van der Waals surface area contributed by atoms with Crippen molar-refractivity contribution in [1.29, 1.82) is 0 Å². The van der Waals surface area contributed by atoms with E-state index in [1.165, 1.54) is 6.08 Å². The highest BCUT2D eigenvalue weighted by Crippen LogP contribution is 2.06. The first-order valence-corrected chi connectivity index (χ1v) is 3.58. The van der Waals surface area contributed by atoms with Gasteiger partial charge in [0.25, 0.3) is 0 Å². The molecule has 64 valence electrons. The zero-order chi connectivity index (χ0) is 9.07. The first-order valence-electron chi connectivity index (χ1n) is 3.58. The van der Waals surface area contributed by atoms with Crippen molar-refractivity contribution in [2.45, 2.75) is 32.5 Å². The normalized spacial score (nSPS) is 15.4. The predicted octanol–water partition coefficient (Wildman–Crippen LogP) is 1.25. The van der Waals surface area contributed by atoms with Gasteiger partial charge in [0.2, 0.25) is 0 Å². The third-order valence-electron chi connectivity index (χ3n) is 1.19. The van der Waals surface area contributed by atoms with E-state index in [0.29, 0.717) is 5.57 Å². The fourth-order valence-electron chi connectivity index (χ4n) is 0.491. The van der Waals surface area contributed by atoms with Crippen molar-refractivity contribution in [2.75, 3.05) is 0 Å². The fourth-order valence-corrected chi connectivity index (χ4v) is 0.491. The molecule has 0 aromatic carbocycles. The summed E-state index contributed by atoms with van der Waals surface area (Å²) >= 11 is 0. The quantitative estimate of drug-likeness (QED) is 0.604. The van der Waals surface area contributed by atoms with Crippen molar-refractivity contribution in [2.24, 2.45) is 0 Å². The summed E-state index contributed by atoms with van der Waals surface area (Å²) in [6.45, 7) is 8.60. The Kier molecular flexibility index (Phi) is 3.49.